The Kier molecular flexibility index (Phi) is 4.95. The smallest absolute Gasteiger partial charge is 0.307 e. The summed E-state index contributed by atoms with van der Waals surface area (Å²) in [5.41, 5.74) is 0.981. The second kappa shape index (κ2) is 7.12. The maximum absolute atomic E-state index is 12.1. The summed E-state index contributed by atoms with van der Waals surface area (Å²) in [6.45, 7) is 3.57. The van der Waals surface area contributed by atoms with Crippen LogP contribution >= 0.6 is 11.8 Å². The Morgan fingerprint density at radius 1 is 1.35 bits per heavy atom. The number of hydrogen-bond donors (Lipinski definition) is 0. The molecular weight excluding hydrogens is 318 g/mol. The fraction of sp³-hybridized carbons (Fsp3) is 0.500. The maximum atomic E-state index is 12.1. The number of esters is 1. The van der Waals surface area contributed by atoms with E-state index in [1.165, 1.54) is 0 Å². The van der Waals surface area contributed by atoms with E-state index in [4.69, 9.17) is 14.2 Å². The van der Waals surface area contributed by atoms with Gasteiger partial charge in [0, 0.05) is 6.54 Å². The molecule has 3 rings (SSSR count). The van der Waals surface area contributed by atoms with E-state index in [0.29, 0.717) is 37.9 Å². The third-order valence-electron chi connectivity index (χ3n) is 3.68. The number of rotatable bonds is 5. The first kappa shape index (κ1) is 16.0. The van der Waals surface area contributed by atoms with Crippen LogP contribution in [-0.4, -0.2) is 48.9 Å². The van der Waals surface area contributed by atoms with E-state index in [1.807, 2.05) is 18.2 Å². The summed E-state index contributed by atoms with van der Waals surface area (Å²) in [5.74, 6) is 1.62. The third-order valence-corrected chi connectivity index (χ3v) is 4.94. The lowest BCUT2D eigenvalue weighted by molar-refractivity contribution is -0.143. The number of benzene rings is 1. The number of nitrogens with zero attached hydrogens (tertiary/aromatic N) is 1. The zero-order valence-corrected chi connectivity index (χ0v) is 13.8. The van der Waals surface area contributed by atoms with E-state index in [9.17, 15) is 9.59 Å². The Labute approximate surface area is 139 Å². The van der Waals surface area contributed by atoms with Gasteiger partial charge in [0.2, 0.25) is 5.91 Å². The van der Waals surface area contributed by atoms with Crippen molar-refractivity contribution in [3.05, 3.63) is 23.8 Å². The standard InChI is InChI=1S/C16H19NO5S/c1-2-20-15(19)5-6-17-14(18)10-23-16(17)11-3-4-12-13(9-11)22-8-7-21-12/h3-4,9,16H,2,5-8,10H2,1H3. The zero-order valence-electron chi connectivity index (χ0n) is 12.9. The number of ether oxygens (including phenoxy) is 3. The highest BCUT2D eigenvalue weighted by Gasteiger charge is 2.33. The number of amides is 1. The third kappa shape index (κ3) is 3.55. The molecule has 6 nitrogen and oxygen atoms in total. The first-order valence-electron chi connectivity index (χ1n) is 7.65. The SMILES string of the molecule is CCOC(=O)CCN1C(=O)CSC1c1ccc2c(c1)OCCO2. The van der Waals surface area contributed by atoms with Crippen LogP contribution in [0, 0.1) is 0 Å². The molecule has 0 N–H and O–H groups in total. The predicted molar refractivity (Wildman–Crippen MR) is 85.6 cm³/mol. The van der Waals surface area contributed by atoms with Crippen molar-refractivity contribution < 1.29 is 23.8 Å². The molecule has 7 heteroatoms. The minimum atomic E-state index is -0.280. The summed E-state index contributed by atoms with van der Waals surface area (Å²) in [4.78, 5) is 25.4. The quantitative estimate of drug-likeness (QED) is 0.766. The molecule has 0 bridgehead atoms. The Morgan fingerprint density at radius 2 is 2.13 bits per heavy atom. The molecule has 1 atom stereocenters. The van der Waals surface area contributed by atoms with E-state index >= 15 is 0 Å². The van der Waals surface area contributed by atoms with Gasteiger partial charge < -0.3 is 19.1 Å². The second-order valence-corrected chi connectivity index (χ2v) is 6.28. The molecule has 0 radical (unpaired) electrons. The number of carbonyl (C=O) groups is 2. The minimum Gasteiger partial charge on any atom is -0.486 e. The van der Waals surface area contributed by atoms with Crippen molar-refractivity contribution >= 4 is 23.6 Å². The summed E-state index contributed by atoms with van der Waals surface area (Å²) in [6, 6.07) is 5.74. The van der Waals surface area contributed by atoms with Crippen LogP contribution in [-0.2, 0) is 14.3 Å². The van der Waals surface area contributed by atoms with Crippen molar-refractivity contribution in [3.63, 3.8) is 0 Å². The van der Waals surface area contributed by atoms with Gasteiger partial charge in [0.15, 0.2) is 11.5 Å². The van der Waals surface area contributed by atoms with Crippen molar-refractivity contribution in [2.24, 2.45) is 0 Å². The first-order chi connectivity index (χ1) is 11.2. The largest absolute Gasteiger partial charge is 0.486 e. The van der Waals surface area contributed by atoms with Gasteiger partial charge in [-0.3, -0.25) is 9.59 Å². The highest BCUT2D eigenvalue weighted by atomic mass is 32.2. The van der Waals surface area contributed by atoms with Gasteiger partial charge in [-0.2, -0.15) is 0 Å². The summed E-state index contributed by atoms with van der Waals surface area (Å²) in [7, 11) is 0. The second-order valence-electron chi connectivity index (χ2n) is 5.21. The average Bonchev–Trinajstić information content (AvgIpc) is 2.93. The summed E-state index contributed by atoms with van der Waals surface area (Å²) >= 11 is 1.56. The number of thioether (sulfide) groups is 1. The van der Waals surface area contributed by atoms with Gasteiger partial charge in [0.25, 0.3) is 0 Å². The van der Waals surface area contributed by atoms with Crippen LogP contribution in [0.1, 0.15) is 24.3 Å². The molecule has 2 aliphatic heterocycles. The van der Waals surface area contributed by atoms with Gasteiger partial charge in [-0.05, 0) is 24.6 Å². The summed E-state index contributed by atoms with van der Waals surface area (Å²) in [6.07, 6.45) is 0.210. The Balaban J connectivity index is 1.72. The summed E-state index contributed by atoms with van der Waals surface area (Å²) in [5, 5.41) is -0.104. The summed E-state index contributed by atoms with van der Waals surface area (Å²) < 4.78 is 16.1. The fourth-order valence-electron chi connectivity index (χ4n) is 2.63. The van der Waals surface area contributed by atoms with Crippen LogP contribution in [0.5, 0.6) is 11.5 Å². The van der Waals surface area contributed by atoms with Crippen LogP contribution in [0.4, 0.5) is 0 Å². The van der Waals surface area contributed by atoms with E-state index in [2.05, 4.69) is 0 Å². The number of hydrogen-bond acceptors (Lipinski definition) is 6. The Bertz CT molecular complexity index is 606. The van der Waals surface area contributed by atoms with E-state index < -0.39 is 0 Å². The van der Waals surface area contributed by atoms with Crippen LogP contribution < -0.4 is 9.47 Å². The maximum Gasteiger partial charge on any atom is 0.307 e. The molecule has 1 aromatic rings. The van der Waals surface area contributed by atoms with Crippen molar-refractivity contribution in [2.45, 2.75) is 18.7 Å². The minimum absolute atomic E-state index is 0.0409. The van der Waals surface area contributed by atoms with E-state index in [-0.39, 0.29) is 23.7 Å². The molecule has 2 aliphatic rings. The van der Waals surface area contributed by atoms with Crippen LogP contribution in [0.15, 0.2) is 18.2 Å². The fourth-order valence-corrected chi connectivity index (χ4v) is 3.84. The molecule has 2 heterocycles. The normalized spacial score (nSPS) is 19.8. The van der Waals surface area contributed by atoms with Crippen LogP contribution in [0.25, 0.3) is 0 Å². The van der Waals surface area contributed by atoms with Gasteiger partial charge in [-0.15, -0.1) is 11.8 Å². The highest BCUT2D eigenvalue weighted by Crippen LogP contribution is 2.42. The molecule has 1 amide bonds. The van der Waals surface area contributed by atoms with Gasteiger partial charge in [0.05, 0.1) is 18.8 Å². The molecule has 0 saturated carbocycles. The van der Waals surface area contributed by atoms with E-state index in [0.717, 1.165) is 11.3 Å². The lowest BCUT2D eigenvalue weighted by Gasteiger charge is -2.25. The van der Waals surface area contributed by atoms with Gasteiger partial charge in [-0.25, -0.2) is 0 Å². The highest BCUT2D eigenvalue weighted by molar-refractivity contribution is 8.00. The molecule has 124 valence electrons. The number of carbonyl (C=O) groups excluding carboxylic acids is 2. The first-order valence-corrected chi connectivity index (χ1v) is 8.70. The van der Waals surface area contributed by atoms with Gasteiger partial charge in [0.1, 0.15) is 18.6 Å². The average molecular weight is 337 g/mol. The monoisotopic (exact) mass is 337 g/mol. The van der Waals surface area contributed by atoms with Gasteiger partial charge >= 0.3 is 5.97 Å². The van der Waals surface area contributed by atoms with Crippen molar-refractivity contribution in [1.82, 2.24) is 4.90 Å². The molecule has 0 spiro atoms. The molecule has 0 aliphatic carbocycles. The Hall–Kier alpha value is -1.89. The van der Waals surface area contributed by atoms with Crippen molar-refractivity contribution in [3.8, 4) is 11.5 Å². The van der Waals surface area contributed by atoms with Crippen molar-refractivity contribution in [1.29, 1.82) is 0 Å². The molecule has 1 aromatic carbocycles. The topological polar surface area (TPSA) is 65.1 Å². The van der Waals surface area contributed by atoms with Crippen LogP contribution in [0.3, 0.4) is 0 Å². The molecule has 23 heavy (non-hydrogen) atoms. The molecular formula is C16H19NO5S. The van der Waals surface area contributed by atoms with Crippen molar-refractivity contribution in [2.75, 3.05) is 32.1 Å². The zero-order chi connectivity index (χ0) is 16.2. The lowest BCUT2D eigenvalue weighted by Crippen LogP contribution is -2.31. The molecule has 1 fully saturated rings. The van der Waals surface area contributed by atoms with Gasteiger partial charge in [-0.1, -0.05) is 6.07 Å². The molecule has 1 unspecified atom stereocenters. The predicted octanol–water partition coefficient (Wildman–Crippen LogP) is 1.98. The number of fused-ring (bicyclic) bond motifs is 1. The molecule has 0 aromatic heterocycles. The van der Waals surface area contributed by atoms with E-state index in [1.54, 1.807) is 23.6 Å². The molecule has 1 saturated heterocycles. The lowest BCUT2D eigenvalue weighted by atomic mass is 10.1. The Morgan fingerprint density at radius 3 is 2.91 bits per heavy atom. The van der Waals surface area contributed by atoms with Crippen LogP contribution in [0.2, 0.25) is 0 Å².